The van der Waals surface area contributed by atoms with Crippen LogP contribution in [0.2, 0.25) is 0 Å². The Hall–Kier alpha value is -3.40. The average Bonchev–Trinajstić information content (AvgIpc) is 3.06. The third-order valence-corrected chi connectivity index (χ3v) is 4.00. The molecule has 24 heavy (non-hydrogen) atoms. The van der Waals surface area contributed by atoms with Crippen LogP contribution in [0.15, 0.2) is 79.1 Å². The van der Waals surface area contributed by atoms with Gasteiger partial charge in [-0.05, 0) is 34.4 Å². The number of aromatic carboxylic acids is 1. The maximum atomic E-state index is 11.0. The first kappa shape index (κ1) is 14.2. The van der Waals surface area contributed by atoms with Crippen molar-refractivity contribution in [2.24, 2.45) is 0 Å². The minimum absolute atomic E-state index is 0.0478. The van der Waals surface area contributed by atoms with E-state index in [1.54, 1.807) is 4.40 Å². The molecule has 4 rings (SSSR count). The van der Waals surface area contributed by atoms with E-state index in [2.05, 4.69) is 41.4 Å². The van der Waals surface area contributed by atoms with Gasteiger partial charge in [0.15, 0.2) is 5.69 Å². The van der Waals surface area contributed by atoms with E-state index in [9.17, 15) is 4.79 Å². The van der Waals surface area contributed by atoms with Gasteiger partial charge in [0, 0.05) is 12.4 Å². The molecule has 4 aromatic rings. The number of carboxylic acid groups (broad SMARTS) is 1. The molecule has 0 saturated heterocycles. The third-order valence-electron chi connectivity index (χ3n) is 4.00. The summed E-state index contributed by atoms with van der Waals surface area (Å²) in [6.07, 6.45) is 3.42. The smallest absolute Gasteiger partial charge is 0.356 e. The molecule has 4 nitrogen and oxygen atoms in total. The first-order chi connectivity index (χ1) is 11.7. The number of aromatic nitrogens is 2. The SMILES string of the molecule is O=C(O)c1cn2cc(-c3ccc(-c4ccccc4)cc3)ccc2n1. The number of carbonyl (C=O) groups is 1. The standard InChI is InChI=1S/C20H14N2O2/c23-20(24)18-13-22-12-17(10-11-19(22)21-18)16-8-6-15(7-9-16)14-4-2-1-3-5-14/h1-13H,(H,23,24). The summed E-state index contributed by atoms with van der Waals surface area (Å²) in [6.45, 7) is 0. The summed E-state index contributed by atoms with van der Waals surface area (Å²) < 4.78 is 1.74. The number of hydrogen-bond donors (Lipinski definition) is 1. The predicted molar refractivity (Wildman–Crippen MR) is 93.0 cm³/mol. The van der Waals surface area contributed by atoms with Crippen molar-refractivity contribution in [3.05, 3.63) is 84.8 Å². The van der Waals surface area contributed by atoms with Gasteiger partial charge in [-0.15, -0.1) is 0 Å². The molecule has 0 aliphatic heterocycles. The Bertz CT molecular complexity index is 1020. The molecule has 116 valence electrons. The van der Waals surface area contributed by atoms with Crippen molar-refractivity contribution in [1.82, 2.24) is 9.38 Å². The number of hydrogen-bond acceptors (Lipinski definition) is 2. The van der Waals surface area contributed by atoms with E-state index in [0.717, 1.165) is 16.7 Å². The average molecular weight is 314 g/mol. The summed E-state index contributed by atoms with van der Waals surface area (Å²) in [5, 5.41) is 9.04. The second-order valence-corrected chi connectivity index (χ2v) is 5.56. The lowest BCUT2D eigenvalue weighted by atomic mass is 10.0. The second kappa shape index (κ2) is 5.66. The molecule has 0 atom stereocenters. The van der Waals surface area contributed by atoms with Crippen LogP contribution >= 0.6 is 0 Å². The first-order valence-electron chi connectivity index (χ1n) is 7.59. The van der Waals surface area contributed by atoms with Crippen LogP contribution in [-0.4, -0.2) is 20.5 Å². The van der Waals surface area contributed by atoms with E-state index < -0.39 is 5.97 Å². The summed E-state index contributed by atoms with van der Waals surface area (Å²) in [5.41, 5.74) is 5.10. The number of fused-ring (bicyclic) bond motifs is 1. The number of nitrogens with zero attached hydrogens (tertiary/aromatic N) is 2. The molecule has 0 spiro atoms. The molecule has 0 aliphatic carbocycles. The van der Waals surface area contributed by atoms with Crippen LogP contribution in [0.3, 0.4) is 0 Å². The molecule has 0 aliphatic rings. The molecule has 0 unspecified atom stereocenters. The molecule has 2 aromatic heterocycles. The van der Waals surface area contributed by atoms with Crippen LogP contribution in [0.25, 0.3) is 27.9 Å². The number of rotatable bonds is 3. The molecule has 2 aromatic carbocycles. The lowest BCUT2D eigenvalue weighted by Gasteiger charge is -2.05. The molecule has 2 heterocycles. The number of carboxylic acids is 1. The fourth-order valence-corrected chi connectivity index (χ4v) is 2.75. The summed E-state index contributed by atoms with van der Waals surface area (Å²) in [4.78, 5) is 15.1. The lowest BCUT2D eigenvalue weighted by molar-refractivity contribution is 0.0691. The minimum atomic E-state index is -1.02. The monoisotopic (exact) mass is 314 g/mol. The van der Waals surface area contributed by atoms with Gasteiger partial charge in [-0.2, -0.15) is 0 Å². The Balaban J connectivity index is 1.70. The molecule has 4 heteroatoms. The third kappa shape index (κ3) is 2.54. The molecule has 0 saturated carbocycles. The summed E-state index contributed by atoms with van der Waals surface area (Å²) >= 11 is 0. The molecule has 0 fully saturated rings. The Morgan fingerprint density at radius 3 is 2.00 bits per heavy atom. The van der Waals surface area contributed by atoms with E-state index >= 15 is 0 Å². The largest absolute Gasteiger partial charge is 0.476 e. The Kier molecular flexibility index (Phi) is 3.35. The molecule has 0 radical (unpaired) electrons. The van der Waals surface area contributed by atoms with Gasteiger partial charge in [-0.25, -0.2) is 9.78 Å². The van der Waals surface area contributed by atoms with E-state index in [1.165, 1.54) is 11.8 Å². The van der Waals surface area contributed by atoms with E-state index in [0.29, 0.717) is 5.65 Å². The van der Waals surface area contributed by atoms with Crippen LogP contribution in [-0.2, 0) is 0 Å². The zero-order valence-electron chi connectivity index (χ0n) is 12.8. The minimum Gasteiger partial charge on any atom is -0.476 e. The number of pyridine rings is 1. The molecule has 1 N–H and O–H groups in total. The first-order valence-corrected chi connectivity index (χ1v) is 7.59. The Labute approximate surface area is 138 Å². The summed E-state index contributed by atoms with van der Waals surface area (Å²) in [7, 11) is 0. The fourth-order valence-electron chi connectivity index (χ4n) is 2.75. The van der Waals surface area contributed by atoms with Crippen molar-refractivity contribution in [3.63, 3.8) is 0 Å². The highest BCUT2D eigenvalue weighted by molar-refractivity contribution is 5.86. The van der Waals surface area contributed by atoms with Crippen LogP contribution < -0.4 is 0 Å². The quantitative estimate of drug-likeness (QED) is 0.611. The number of imidazole rings is 1. The van der Waals surface area contributed by atoms with Crippen LogP contribution in [0.1, 0.15) is 10.5 Å². The summed E-state index contributed by atoms with van der Waals surface area (Å²) in [6, 6.07) is 22.3. The zero-order valence-corrected chi connectivity index (χ0v) is 12.8. The fraction of sp³-hybridized carbons (Fsp3) is 0. The second-order valence-electron chi connectivity index (χ2n) is 5.56. The Morgan fingerprint density at radius 2 is 1.33 bits per heavy atom. The molecule has 0 amide bonds. The normalized spacial score (nSPS) is 10.8. The van der Waals surface area contributed by atoms with Crippen molar-refractivity contribution >= 4 is 11.6 Å². The van der Waals surface area contributed by atoms with Crippen molar-refractivity contribution in [3.8, 4) is 22.3 Å². The molecule has 0 bridgehead atoms. The van der Waals surface area contributed by atoms with Gasteiger partial charge >= 0.3 is 5.97 Å². The number of benzene rings is 2. The van der Waals surface area contributed by atoms with Crippen molar-refractivity contribution in [2.45, 2.75) is 0 Å². The van der Waals surface area contributed by atoms with Crippen LogP contribution in [0.4, 0.5) is 0 Å². The van der Waals surface area contributed by atoms with E-state index in [4.69, 9.17) is 5.11 Å². The van der Waals surface area contributed by atoms with E-state index in [-0.39, 0.29) is 5.69 Å². The highest BCUT2D eigenvalue weighted by Crippen LogP contribution is 2.25. The van der Waals surface area contributed by atoms with Crippen molar-refractivity contribution in [2.75, 3.05) is 0 Å². The van der Waals surface area contributed by atoms with Crippen LogP contribution in [0, 0.1) is 0 Å². The summed E-state index contributed by atoms with van der Waals surface area (Å²) in [5.74, 6) is -1.02. The van der Waals surface area contributed by atoms with Crippen molar-refractivity contribution < 1.29 is 9.90 Å². The lowest BCUT2D eigenvalue weighted by Crippen LogP contribution is -1.94. The molecular weight excluding hydrogens is 300 g/mol. The zero-order chi connectivity index (χ0) is 16.5. The molecular formula is C20H14N2O2. The topological polar surface area (TPSA) is 54.6 Å². The van der Waals surface area contributed by atoms with Crippen LogP contribution in [0.5, 0.6) is 0 Å². The highest BCUT2D eigenvalue weighted by atomic mass is 16.4. The van der Waals surface area contributed by atoms with Gasteiger partial charge in [0.05, 0.1) is 0 Å². The van der Waals surface area contributed by atoms with Crippen molar-refractivity contribution in [1.29, 1.82) is 0 Å². The predicted octanol–water partition coefficient (Wildman–Crippen LogP) is 4.37. The van der Waals surface area contributed by atoms with Gasteiger partial charge in [-0.1, -0.05) is 54.6 Å². The maximum Gasteiger partial charge on any atom is 0.356 e. The van der Waals surface area contributed by atoms with E-state index in [1.807, 2.05) is 36.5 Å². The van der Waals surface area contributed by atoms with Gasteiger partial charge in [0.1, 0.15) is 5.65 Å². The highest BCUT2D eigenvalue weighted by Gasteiger charge is 2.09. The van der Waals surface area contributed by atoms with Gasteiger partial charge in [0.25, 0.3) is 0 Å². The Morgan fingerprint density at radius 1 is 0.750 bits per heavy atom. The van der Waals surface area contributed by atoms with Gasteiger partial charge in [0.2, 0.25) is 0 Å². The van der Waals surface area contributed by atoms with Gasteiger partial charge < -0.3 is 9.51 Å². The maximum absolute atomic E-state index is 11.0. The van der Waals surface area contributed by atoms with Gasteiger partial charge in [-0.3, -0.25) is 0 Å².